The lowest BCUT2D eigenvalue weighted by molar-refractivity contribution is 0.175. The Bertz CT molecular complexity index is 831. The average Bonchev–Trinajstić information content (AvgIpc) is 3.01. The summed E-state index contributed by atoms with van der Waals surface area (Å²) in [6, 6.07) is 9.33. The molecule has 0 saturated carbocycles. The number of hydrogen-bond acceptors (Lipinski definition) is 4. The molecule has 1 aromatic carbocycles. The van der Waals surface area contributed by atoms with E-state index in [0.717, 1.165) is 17.0 Å². The number of likely N-dealkylation sites (tertiary alicyclic amines) is 1. The SMILES string of the molecule is Cc1nc2ncc(-c3ccc([C@H](C)N4CCCCC4)cc3)cn2n1. The summed E-state index contributed by atoms with van der Waals surface area (Å²) >= 11 is 0. The van der Waals surface area contributed by atoms with Crippen molar-refractivity contribution in [1.29, 1.82) is 0 Å². The van der Waals surface area contributed by atoms with Crippen LogP contribution in [0, 0.1) is 6.92 Å². The Balaban J connectivity index is 1.57. The van der Waals surface area contributed by atoms with Gasteiger partial charge in [-0.3, -0.25) is 4.90 Å². The molecule has 1 saturated heterocycles. The zero-order valence-corrected chi connectivity index (χ0v) is 14.3. The van der Waals surface area contributed by atoms with Gasteiger partial charge in [-0.1, -0.05) is 30.7 Å². The van der Waals surface area contributed by atoms with Crippen LogP contribution in [0.4, 0.5) is 0 Å². The summed E-state index contributed by atoms with van der Waals surface area (Å²) in [5.74, 6) is 1.39. The van der Waals surface area contributed by atoms with Crippen molar-refractivity contribution in [3.63, 3.8) is 0 Å². The third-order valence-corrected chi connectivity index (χ3v) is 4.96. The fraction of sp³-hybridized carbons (Fsp3) is 0.421. The van der Waals surface area contributed by atoms with E-state index < -0.39 is 0 Å². The van der Waals surface area contributed by atoms with Crippen LogP contribution in [0.2, 0.25) is 0 Å². The molecule has 124 valence electrons. The van der Waals surface area contributed by atoms with Crippen molar-refractivity contribution >= 4 is 5.78 Å². The lowest BCUT2D eigenvalue weighted by atomic mass is 10.0. The number of hydrogen-bond donors (Lipinski definition) is 0. The second-order valence-corrected chi connectivity index (χ2v) is 6.64. The van der Waals surface area contributed by atoms with Gasteiger partial charge in [0.1, 0.15) is 5.82 Å². The van der Waals surface area contributed by atoms with Gasteiger partial charge < -0.3 is 0 Å². The van der Waals surface area contributed by atoms with Crippen molar-refractivity contribution in [2.24, 2.45) is 0 Å². The first kappa shape index (κ1) is 15.3. The Morgan fingerprint density at radius 3 is 2.50 bits per heavy atom. The molecular formula is C19H23N5. The molecule has 24 heavy (non-hydrogen) atoms. The number of benzene rings is 1. The maximum atomic E-state index is 4.39. The predicted molar refractivity (Wildman–Crippen MR) is 94.8 cm³/mol. The highest BCUT2D eigenvalue weighted by Crippen LogP contribution is 2.26. The van der Waals surface area contributed by atoms with Gasteiger partial charge >= 0.3 is 0 Å². The lowest BCUT2D eigenvalue weighted by Gasteiger charge is -2.32. The molecule has 1 fully saturated rings. The molecule has 1 atom stereocenters. The van der Waals surface area contributed by atoms with Crippen molar-refractivity contribution in [2.75, 3.05) is 13.1 Å². The second kappa shape index (κ2) is 6.32. The third-order valence-electron chi connectivity index (χ3n) is 4.96. The van der Waals surface area contributed by atoms with Crippen LogP contribution >= 0.6 is 0 Å². The highest BCUT2D eigenvalue weighted by atomic mass is 15.3. The highest BCUT2D eigenvalue weighted by molar-refractivity contribution is 5.62. The minimum absolute atomic E-state index is 0.484. The topological polar surface area (TPSA) is 46.3 Å². The predicted octanol–water partition coefficient (Wildman–Crippen LogP) is 3.65. The summed E-state index contributed by atoms with van der Waals surface area (Å²) in [6.45, 7) is 6.63. The maximum Gasteiger partial charge on any atom is 0.252 e. The van der Waals surface area contributed by atoms with Crippen molar-refractivity contribution in [3.8, 4) is 11.1 Å². The Morgan fingerprint density at radius 1 is 1.00 bits per heavy atom. The fourth-order valence-electron chi connectivity index (χ4n) is 3.51. The Kier molecular flexibility index (Phi) is 4.02. The molecule has 0 unspecified atom stereocenters. The monoisotopic (exact) mass is 321 g/mol. The lowest BCUT2D eigenvalue weighted by Crippen LogP contribution is -2.32. The molecule has 1 aliphatic rings. The molecule has 2 aromatic heterocycles. The Morgan fingerprint density at radius 2 is 1.75 bits per heavy atom. The standard InChI is InChI=1S/C19H23N5/c1-14(23-10-4-3-5-11-23)16-6-8-17(9-7-16)18-12-20-19-21-15(2)22-24(19)13-18/h6-9,12-14H,3-5,10-11H2,1-2H3/t14-/m0/s1. The molecule has 0 spiro atoms. The molecule has 5 heteroatoms. The van der Waals surface area contributed by atoms with E-state index in [0.29, 0.717) is 11.8 Å². The van der Waals surface area contributed by atoms with Crippen LogP contribution in [-0.2, 0) is 0 Å². The van der Waals surface area contributed by atoms with Crippen LogP contribution in [0.3, 0.4) is 0 Å². The van der Waals surface area contributed by atoms with Crippen LogP contribution in [0.15, 0.2) is 36.7 Å². The molecule has 0 aliphatic carbocycles. The fourth-order valence-corrected chi connectivity index (χ4v) is 3.51. The first-order valence-electron chi connectivity index (χ1n) is 8.74. The molecular weight excluding hydrogens is 298 g/mol. The molecule has 4 rings (SSSR count). The minimum atomic E-state index is 0.484. The number of aryl methyl sites for hydroxylation is 1. The van der Waals surface area contributed by atoms with Gasteiger partial charge in [0.05, 0.1) is 0 Å². The molecule has 0 radical (unpaired) electrons. The van der Waals surface area contributed by atoms with Gasteiger partial charge in [0.15, 0.2) is 0 Å². The summed E-state index contributed by atoms with van der Waals surface area (Å²) < 4.78 is 1.74. The van der Waals surface area contributed by atoms with E-state index in [9.17, 15) is 0 Å². The van der Waals surface area contributed by atoms with Crippen molar-refractivity contribution < 1.29 is 0 Å². The van der Waals surface area contributed by atoms with Gasteiger partial charge in [-0.15, -0.1) is 0 Å². The van der Waals surface area contributed by atoms with Crippen molar-refractivity contribution in [3.05, 3.63) is 48.0 Å². The number of aromatic nitrogens is 4. The quantitative estimate of drug-likeness (QED) is 0.739. The molecule has 3 aromatic rings. The zero-order chi connectivity index (χ0) is 16.5. The van der Waals surface area contributed by atoms with Crippen LogP contribution < -0.4 is 0 Å². The van der Waals surface area contributed by atoms with Crippen LogP contribution in [0.25, 0.3) is 16.9 Å². The molecule has 0 amide bonds. The summed E-state index contributed by atoms with van der Waals surface area (Å²) in [5, 5.41) is 4.34. The van der Waals surface area contributed by atoms with Crippen LogP contribution in [-0.4, -0.2) is 37.6 Å². The smallest absolute Gasteiger partial charge is 0.252 e. The first-order chi connectivity index (χ1) is 11.7. The van der Waals surface area contributed by atoms with Gasteiger partial charge in [0.25, 0.3) is 5.78 Å². The maximum absolute atomic E-state index is 4.39. The third kappa shape index (κ3) is 2.91. The normalized spacial score (nSPS) is 17.2. The molecule has 0 bridgehead atoms. The minimum Gasteiger partial charge on any atom is -0.297 e. The molecule has 5 nitrogen and oxygen atoms in total. The summed E-state index contributed by atoms with van der Waals surface area (Å²) in [7, 11) is 0. The molecule has 0 N–H and O–H groups in total. The van der Waals surface area contributed by atoms with E-state index in [1.165, 1.54) is 37.9 Å². The van der Waals surface area contributed by atoms with Gasteiger partial charge in [-0.2, -0.15) is 10.1 Å². The van der Waals surface area contributed by atoms with Gasteiger partial charge in [0, 0.05) is 24.0 Å². The van der Waals surface area contributed by atoms with E-state index in [1.807, 2.05) is 19.3 Å². The molecule has 1 aliphatic heterocycles. The van der Waals surface area contributed by atoms with Crippen molar-refractivity contribution in [2.45, 2.75) is 39.2 Å². The number of fused-ring (bicyclic) bond motifs is 1. The summed E-state index contributed by atoms with van der Waals surface area (Å²) in [5.41, 5.74) is 3.60. The van der Waals surface area contributed by atoms with E-state index in [1.54, 1.807) is 4.52 Å². The number of rotatable bonds is 3. The van der Waals surface area contributed by atoms with E-state index in [-0.39, 0.29) is 0 Å². The average molecular weight is 321 g/mol. The van der Waals surface area contributed by atoms with E-state index in [4.69, 9.17) is 0 Å². The first-order valence-corrected chi connectivity index (χ1v) is 8.74. The summed E-state index contributed by atoms with van der Waals surface area (Å²) in [6.07, 6.45) is 7.88. The largest absolute Gasteiger partial charge is 0.297 e. The number of piperidine rings is 1. The van der Waals surface area contributed by atoms with Crippen LogP contribution in [0.1, 0.15) is 43.6 Å². The van der Waals surface area contributed by atoms with E-state index >= 15 is 0 Å². The zero-order valence-electron chi connectivity index (χ0n) is 14.3. The van der Waals surface area contributed by atoms with E-state index in [2.05, 4.69) is 51.2 Å². The highest BCUT2D eigenvalue weighted by Gasteiger charge is 2.18. The number of nitrogens with zero attached hydrogens (tertiary/aromatic N) is 5. The van der Waals surface area contributed by atoms with Crippen molar-refractivity contribution in [1.82, 2.24) is 24.5 Å². The Labute approximate surface area is 142 Å². The van der Waals surface area contributed by atoms with Gasteiger partial charge in [-0.05, 0) is 50.9 Å². The van der Waals surface area contributed by atoms with Gasteiger partial charge in [0.2, 0.25) is 0 Å². The molecule has 3 heterocycles. The van der Waals surface area contributed by atoms with Crippen LogP contribution in [0.5, 0.6) is 0 Å². The van der Waals surface area contributed by atoms with Gasteiger partial charge in [-0.25, -0.2) is 9.50 Å². The Hall–Kier alpha value is -2.27. The summed E-state index contributed by atoms with van der Waals surface area (Å²) in [4.78, 5) is 11.3. The second-order valence-electron chi connectivity index (χ2n) is 6.64.